The molecule has 0 fully saturated rings. The Hall–Kier alpha value is -0.580. The molecule has 0 amide bonds. The van der Waals surface area contributed by atoms with Gasteiger partial charge in [-0.3, -0.25) is 4.21 Å². The van der Waals surface area contributed by atoms with Gasteiger partial charge in [-0.15, -0.1) is 0 Å². The van der Waals surface area contributed by atoms with Crippen molar-refractivity contribution in [2.24, 2.45) is 0 Å². The quantitative estimate of drug-likeness (QED) is 0.743. The van der Waals surface area contributed by atoms with E-state index in [0.29, 0.717) is 5.56 Å². The fourth-order valence-electron chi connectivity index (χ4n) is 0.776. The summed E-state index contributed by atoms with van der Waals surface area (Å²) in [6.45, 7) is 0. The Kier molecular flexibility index (Phi) is 3.08. The highest BCUT2D eigenvalue weighted by Crippen LogP contribution is 2.23. The van der Waals surface area contributed by atoms with Gasteiger partial charge in [0.15, 0.2) is 0 Å². The van der Waals surface area contributed by atoms with Crippen molar-refractivity contribution in [3.8, 4) is 5.75 Å². The Morgan fingerprint density at radius 3 is 2.75 bits per heavy atom. The van der Waals surface area contributed by atoms with Crippen molar-refractivity contribution in [1.29, 1.82) is 0 Å². The number of benzene rings is 1. The van der Waals surface area contributed by atoms with E-state index in [1.807, 2.05) is 0 Å². The molecule has 0 spiro atoms. The Morgan fingerprint density at radius 2 is 2.25 bits per heavy atom. The fourth-order valence-corrected chi connectivity index (χ4v) is 1.43. The van der Waals surface area contributed by atoms with Crippen LogP contribution in [-0.2, 0) is 16.8 Å². The van der Waals surface area contributed by atoms with E-state index in [2.05, 4.69) is 0 Å². The maximum atomic E-state index is 10.3. The van der Waals surface area contributed by atoms with Gasteiger partial charge < -0.3 is 9.66 Å². The summed E-state index contributed by atoms with van der Waals surface area (Å²) >= 11 is 3.42. The normalized spacial score (nSPS) is 12.8. The summed E-state index contributed by atoms with van der Waals surface area (Å²) in [4.78, 5) is 0. The summed E-state index contributed by atoms with van der Waals surface area (Å²) in [7, 11) is 0. The van der Waals surface area contributed by atoms with E-state index in [-0.39, 0.29) is 16.5 Å². The third kappa shape index (κ3) is 2.48. The van der Waals surface area contributed by atoms with Gasteiger partial charge in [-0.05, 0) is 17.7 Å². The topological polar surface area (TPSA) is 60.4 Å². The molecule has 0 aliphatic rings. The lowest BCUT2D eigenvalue weighted by molar-refractivity contribution is 0.475. The second-order valence-corrected chi connectivity index (χ2v) is 3.54. The molecule has 0 aliphatic carbocycles. The van der Waals surface area contributed by atoms with E-state index < -0.39 is 11.1 Å². The fraction of sp³-hybridized carbons (Fsp3) is 0.143. The minimum atomic E-state index is -2.12. The van der Waals surface area contributed by atoms with Gasteiger partial charge in [-0.2, -0.15) is 0 Å². The van der Waals surface area contributed by atoms with Crippen LogP contribution in [0.4, 0.5) is 0 Å². The van der Waals surface area contributed by atoms with Crippen LogP contribution in [0.15, 0.2) is 18.2 Å². The van der Waals surface area contributed by atoms with Crippen LogP contribution in [-0.4, -0.2) is 13.9 Å². The van der Waals surface area contributed by atoms with Crippen molar-refractivity contribution < 1.29 is 13.9 Å². The molecule has 0 saturated heterocycles. The molecule has 1 aromatic rings. The van der Waals surface area contributed by atoms with Gasteiger partial charge in [0, 0.05) is 5.75 Å². The molecule has 1 N–H and O–H groups in total. The number of phenolic OH excluding ortho intramolecular Hbond substituents is 1. The Bertz CT molecular complexity index is 314. The van der Waals surface area contributed by atoms with Crippen LogP contribution in [0, 0.1) is 0 Å². The molecule has 0 bridgehead atoms. The van der Waals surface area contributed by atoms with Crippen LogP contribution in [0.3, 0.4) is 0 Å². The van der Waals surface area contributed by atoms with Crippen LogP contribution in [0.2, 0.25) is 5.02 Å². The number of phenols is 1. The van der Waals surface area contributed by atoms with Crippen LogP contribution >= 0.6 is 11.6 Å². The first-order valence-electron chi connectivity index (χ1n) is 3.13. The summed E-state index contributed by atoms with van der Waals surface area (Å²) in [5.74, 6) is -0.128. The zero-order valence-electron chi connectivity index (χ0n) is 5.99. The predicted molar refractivity (Wildman–Crippen MR) is 45.7 cm³/mol. The van der Waals surface area contributed by atoms with Crippen molar-refractivity contribution in [2.45, 2.75) is 5.75 Å². The minimum Gasteiger partial charge on any atom is -0.772 e. The number of hydrogen-bond donors (Lipinski definition) is 1. The molecule has 0 aromatic heterocycles. The molecule has 1 unspecified atom stereocenters. The summed E-state index contributed by atoms with van der Waals surface area (Å²) in [6.07, 6.45) is 0. The highest BCUT2D eigenvalue weighted by atomic mass is 35.5. The lowest BCUT2D eigenvalue weighted by Crippen LogP contribution is -1.92. The molecular weight excluding hydrogens is 200 g/mol. The van der Waals surface area contributed by atoms with E-state index in [0.717, 1.165) is 0 Å². The molecule has 12 heavy (non-hydrogen) atoms. The predicted octanol–water partition coefficient (Wildman–Crippen LogP) is 1.42. The minimum absolute atomic E-state index is 0.0444. The molecule has 66 valence electrons. The van der Waals surface area contributed by atoms with Gasteiger partial charge in [-0.25, -0.2) is 0 Å². The third-order valence-corrected chi connectivity index (χ3v) is 2.17. The highest BCUT2D eigenvalue weighted by Gasteiger charge is 1.99. The largest absolute Gasteiger partial charge is 0.772 e. The van der Waals surface area contributed by atoms with E-state index in [4.69, 9.17) is 16.7 Å². The monoisotopic (exact) mass is 205 g/mol. The number of hydrogen-bond acceptors (Lipinski definition) is 3. The average molecular weight is 206 g/mol. The maximum Gasteiger partial charge on any atom is 0.134 e. The molecular formula is C7H6ClO3S-. The van der Waals surface area contributed by atoms with Crippen molar-refractivity contribution >= 4 is 22.7 Å². The second-order valence-electron chi connectivity index (χ2n) is 2.23. The van der Waals surface area contributed by atoms with Gasteiger partial charge in [0.1, 0.15) is 5.75 Å². The Balaban J connectivity index is 2.89. The molecule has 3 nitrogen and oxygen atoms in total. The van der Waals surface area contributed by atoms with E-state index in [1.165, 1.54) is 18.2 Å². The summed E-state index contributed by atoms with van der Waals surface area (Å²) in [5.41, 5.74) is 0.561. The van der Waals surface area contributed by atoms with Gasteiger partial charge in [0.2, 0.25) is 0 Å². The van der Waals surface area contributed by atoms with Crippen LogP contribution in [0.1, 0.15) is 5.56 Å². The van der Waals surface area contributed by atoms with Crippen molar-refractivity contribution in [2.75, 3.05) is 0 Å². The molecule has 1 aromatic carbocycles. The first kappa shape index (κ1) is 9.51. The zero-order chi connectivity index (χ0) is 9.14. The van der Waals surface area contributed by atoms with Gasteiger partial charge in [0.05, 0.1) is 5.02 Å². The summed E-state index contributed by atoms with van der Waals surface area (Å²) in [5, 5.41) is 9.16. The first-order valence-corrected chi connectivity index (χ1v) is 4.75. The summed E-state index contributed by atoms with van der Waals surface area (Å²) < 4.78 is 20.5. The average Bonchev–Trinajstić information content (AvgIpc) is 1.96. The molecule has 1 atom stereocenters. The van der Waals surface area contributed by atoms with Crippen molar-refractivity contribution in [1.82, 2.24) is 0 Å². The standard InChI is InChI=1S/C7H7ClO3S/c8-6-3-5(4-12(10)11)1-2-7(6)9/h1-3,9H,4H2,(H,10,11)/p-1. The smallest absolute Gasteiger partial charge is 0.134 e. The van der Waals surface area contributed by atoms with Crippen LogP contribution in [0.25, 0.3) is 0 Å². The number of rotatable bonds is 2. The molecule has 0 saturated carbocycles. The van der Waals surface area contributed by atoms with Crippen LogP contribution in [0.5, 0.6) is 5.75 Å². The summed E-state index contributed by atoms with van der Waals surface area (Å²) in [6, 6.07) is 4.30. The third-order valence-electron chi connectivity index (χ3n) is 1.30. The molecule has 0 aliphatic heterocycles. The highest BCUT2D eigenvalue weighted by molar-refractivity contribution is 7.78. The number of aromatic hydroxyl groups is 1. The lowest BCUT2D eigenvalue weighted by Gasteiger charge is -2.05. The SMILES string of the molecule is O=S([O-])Cc1ccc(O)c(Cl)c1. The van der Waals surface area contributed by atoms with Gasteiger partial charge >= 0.3 is 0 Å². The number of halogens is 1. The molecule has 0 heterocycles. The van der Waals surface area contributed by atoms with E-state index in [9.17, 15) is 8.76 Å². The Morgan fingerprint density at radius 1 is 1.58 bits per heavy atom. The van der Waals surface area contributed by atoms with Gasteiger partial charge in [0.25, 0.3) is 0 Å². The zero-order valence-corrected chi connectivity index (χ0v) is 7.56. The van der Waals surface area contributed by atoms with Crippen molar-refractivity contribution in [3.05, 3.63) is 28.8 Å². The van der Waals surface area contributed by atoms with E-state index >= 15 is 0 Å². The van der Waals surface area contributed by atoms with Crippen molar-refractivity contribution in [3.63, 3.8) is 0 Å². The first-order chi connectivity index (χ1) is 5.59. The lowest BCUT2D eigenvalue weighted by atomic mass is 10.2. The molecule has 5 heteroatoms. The van der Waals surface area contributed by atoms with Gasteiger partial charge in [-0.1, -0.05) is 28.7 Å². The molecule has 0 radical (unpaired) electrons. The molecule has 1 rings (SSSR count). The van der Waals surface area contributed by atoms with Crippen LogP contribution < -0.4 is 0 Å². The maximum absolute atomic E-state index is 10.3. The van der Waals surface area contributed by atoms with E-state index in [1.54, 1.807) is 0 Å². The Labute approximate surface area is 77.3 Å². The second kappa shape index (κ2) is 3.89.